The molecule has 0 radical (unpaired) electrons. The number of carbonyl (C=O) groups is 4. The van der Waals surface area contributed by atoms with Gasteiger partial charge >= 0.3 is 11.9 Å². The number of aliphatic carboxylic acids is 2. The zero-order valence-electron chi connectivity index (χ0n) is 18.9. The molecule has 0 spiro atoms. The maximum absolute atomic E-state index is 11.6. The first-order valence-electron chi connectivity index (χ1n) is 10.5. The van der Waals surface area contributed by atoms with Gasteiger partial charge in [-0.3, -0.25) is 19.3 Å². The highest BCUT2D eigenvalue weighted by atomic mass is 16.4. The SMILES string of the molecule is C[C@@H](c1ccccc1)N1C(=O)C[C@@H](O)C1=O.C[C@H](N)c1ccccc1.O=C(O)C[C@@H](O)C(=O)O. The number of rotatable bonds is 6. The number of amides is 2. The first kappa shape index (κ1) is 28.4. The number of hydrogen-bond acceptors (Lipinski definition) is 7. The van der Waals surface area contributed by atoms with E-state index in [1.165, 1.54) is 5.56 Å². The minimum absolute atomic E-state index is 0.101. The Labute approximate surface area is 197 Å². The van der Waals surface area contributed by atoms with Gasteiger partial charge in [0.25, 0.3) is 5.91 Å². The molecule has 184 valence electrons. The van der Waals surface area contributed by atoms with Crippen molar-refractivity contribution in [3.8, 4) is 0 Å². The highest BCUT2D eigenvalue weighted by molar-refractivity contribution is 6.05. The molecule has 6 N–H and O–H groups in total. The Morgan fingerprint density at radius 1 is 0.971 bits per heavy atom. The van der Waals surface area contributed by atoms with Gasteiger partial charge in [0.05, 0.1) is 18.9 Å². The second kappa shape index (κ2) is 13.8. The predicted octanol–water partition coefficient (Wildman–Crippen LogP) is 1.48. The van der Waals surface area contributed by atoms with Crippen LogP contribution in [0.3, 0.4) is 0 Å². The highest BCUT2D eigenvalue weighted by Gasteiger charge is 2.40. The van der Waals surface area contributed by atoms with Gasteiger partial charge in [-0.2, -0.15) is 0 Å². The molecule has 3 rings (SSSR count). The lowest BCUT2D eigenvalue weighted by Gasteiger charge is -2.22. The Bertz CT molecular complexity index is 950. The molecular weight excluding hydrogens is 444 g/mol. The Balaban J connectivity index is 0.000000276. The second-order valence-corrected chi connectivity index (χ2v) is 7.56. The summed E-state index contributed by atoms with van der Waals surface area (Å²) in [5.74, 6) is -3.66. The Kier molecular flexibility index (Phi) is 11.6. The van der Waals surface area contributed by atoms with Gasteiger partial charge in [0, 0.05) is 6.04 Å². The van der Waals surface area contributed by atoms with Crippen molar-refractivity contribution in [2.45, 2.75) is 51.0 Å². The topological polar surface area (TPSA) is 178 Å². The number of aliphatic hydroxyl groups excluding tert-OH is 2. The van der Waals surface area contributed by atoms with Crippen LogP contribution < -0.4 is 5.73 Å². The van der Waals surface area contributed by atoms with Crippen LogP contribution in [0.1, 0.15) is 49.9 Å². The first-order chi connectivity index (χ1) is 16.0. The molecule has 1 saturated heterocycles. The van der Waals surface area contributed by atoms with Crippen LogP contribution in [-0.2, 0) is 19.2 Å². The summed E-state index contributed by atoms with van der Waals surface area (Å²) >= 11 is 0. The largest absolute Gasteiger partial charge is 0.481 e. The average Bonchev–Trinajstić information content (AvgIpc) is 3.06. The number of nitrogens with two attached hydrogens (primary N) is 1. The van der Waals surface area contributed by atoms with Gasteiger partial charge in [0.2, 0.25) is 5.91 Å². The quantitative estimate of drug-likeness (QED) is 0.388. The third kappa shape index (κ3) is 9.10. The third-order valence-electron chi connectivity index (χ3n) is 4.81. The molecule has 0 aromatic heterocycles. The average molecular weight is 475 g/mol. The minimum Gasteiger partial charge on any atom is -0.481 e. The van der Waals surface area contributed by atoms with Crippen LogP contribution in [-0.4, -0.2) is 61.3 Å². The lowest BCUT2D eigenvalue weighted by Crippen LogP contribution is -2.34. The highest BCUT2D eigenvalue weighted by Crippen LogP contribution is 2.26. The van der Waals surface area contributed by atoms with Crippen molar-refractivity contribution in [3.05, 3.63) is 71.8 Å². The molecular formula is C24H30N2O8. The van der Waals surface area contributed by atoms with Crippen molar-refractivity contribution in [3.63, 3.8) is 0 Å². The number of carboxylic acids is 2. The van der Waals surface area contributed by atoms with Gasteiger partial charge in [-0.25, -0.2) is 4.79 Å². The molecule has 2 aromatic carbocycles. The van der Waals surface area contributed by atoms with Crippen molar-refractivity contribution in [1.29, 1.82) is 0 Å². The van der Waals surface area contributed by atoms with Crippen molar-refractivity contribution in [2.75, 3.05) is 0 Å². The number of likely N-dealkylation sites (tertiary alicyclic amines) is 1. The van der Waals surface area contributed by atoms with Crippen molar-refractivity contribution in [2.24, 2.45) is 5.73 Å². The van der Waals surface area contributed by atoms with Crippen LogP contribution >= 0.6 is 0 Å². The minimum atomic E-state index is -1.79. The summed E-state index contributed by atoms with van der Waals surface area (Å²) in [6.45, 7) is 3.76. The standard InChI is InChI=1S/C12H13NO3.C8H11N.C4H6O5/c1-8(9-5-3-2-4-6-9)13-11(15)7-10(14)12(13)16;1-7(9)8-5-3-2-4-6-8;5-2(4(8)9)1-3(6)7/h2-6,8,10,14H,7H2,1H3;2-7H,9H2,1H3;2,5H,1H2,(H,6,7)(H,8,9)/t8-,10+;7-;2-/m001/s1. The van der Waals surface area contributed by atoms with Gasteiger partial charge in [0.1, 0.15) is 6.10 Å². The Morgan fingerprint density at radius 2 is 1.44 bits per heavy atom. The Hall–Kier alpha value is -3.60. The summed E-state index contributed by atoms with van der Waals surface area (Å²) in [6, 6.07) is 19.2. The lowest BCUT2D eigenvalue weighted by atomic mass is 10.1. The van der Waals surface area contributed by atoms with Gasteiger partial charge in [-0.15, -0.1) is 0 Å². The van der Waals surface area contributed by atoms with E-state index in [-0.39, 0.29) is 24.4 Å². The van der Waals surface area contributed by atoms with Crippen LogP contribution in [0.4, 0.5) is 0 Å². The van der Waals surface area contributed by atoms with E-state index in [9.17, 15) is 24.3 Å². The van der Waals surface area contributed by atoms with Crippen LogP contribution in [0.25, 0.3) is 0 Å². The van der Waals surface area contributed by atoms with Crippen LogP contribution in [0.2, 0.25) is 0 Å². The summed E-state index contributed by atoms with van der Waals surface area (Å²) < 4.78 is 0. The molecule has 1 heterocycles. The monoisotopic (exact) mass is 474 g/mol. The smallest absolute Gasteiger partial charge is 0.333 e. The normalized spacial score (nSPS) is 17.4. The molecule has 1 fully saturated rings. The number of carboxylic acid groups (broad SMARTS) is 2. The van der Waals surface area contributed by atoms with E-state index in [0.29, 0.717) is 0 Å². The lowest BCUT2D eigenvalue weighted by molar-refractivity contribution is -0.152. The van der Waals surface area contributed by atoms with E-state index < -0.39 is 36.5 Å². The molecule has 0 unspecified atom stereocenters. The fourth-order valence-electron chi connectivity index (χ4n) is 2.93. The van der Waals surface area contributed by atoms with Crippen LogP contribution in [0.15, 0.2) is 60.7 Å². The number of carbonyl (C=O) groups excluding carboxylic acids is 2. The van der Waals surface area contributed by atoms with E-state index in [4.69, 9.17) is 21.1 Å². The van der Waals surface area contributed by atoms with Crippen molar-refractivity contribution in [1.82, 2.24) is 4.90 Å². The zero-order chi connectivity index (χ0) is 25.8. The van der Waals surface area contributed by atoms with E-state index in [0.717, 1.165) is 10.5 Å². The van der Waals surface area contributed by atoms with E-state index in [1.54, 1.807) is 6.92 Å². The second-order valence-electron chi connectivity index (χ2n) is 7.56. The van der Waals surface area contributed by atoms with Gasteiger partial charge in [-0.1, -0.05) is 60.7 Å². The fraction of sp³-hybridized carbons (Fsp3) is 0.333. The van der Waals surface area contributed by atoms with E-state index in [2.05, 4.69) is 0 Å². The summed E-state index contributed by atoms with van der Waals surface area (Å²) in [4.78, 5) is 43.7. The molecule has 10 heteroatoms. The van der Waals surface area contributed by atoms with Crippen molar-refractivity contribution >= 4 is 23.8 Å². The number of aliphatic hydroxyl groups is 2. The van der Waals surface area contributed by atoms with Crippen LogP contribution in [0.5, 0.6) is 0 Å². The van der Waals surface area contributed by atoms with Gasteiger partial charge in [-0.05, 0) is 25.0 Å². The number of nitrogens with zero attached hydrogens (tertiary/aromatic N) is 1. The van der Waals surface area contributed by atoms with E-state index >= 15 is 0 Å². The summed E-state index contributed by atoms with van der Waals surface area (Å²) in [7, 11) is 0. The zero-order valence-corrected chi connectivity index (χ0v) is 18.9. The summed E-state index contributed by atoms with van der Waals surface area (Å²) in [5.41, 5.74) is 7.69. The first-order valence-corrected chi connectivity index (χ1v) is 10.5. The van der Waals surface area contributed by atoms with Gasteiger partial charge in [0.15, 0.2) is 6.10 Å². The maximum Gasteiger partial charge on any atom is 0.333 e. The molecule has 10 nitrogen and oxygen atoms in total. The molecule has 2 amide bonds. The van der Waals surface area contributed by atoms with Crippen LogP contribution in [0, 0.1) is 0 Å². The maximum atomic E-state index is 11.6. The number of hydrogen-bond donors (Lipinski definition) is 5. The molecule has 1 aliphatic heterocycles. The molecule has 1 aliphatic rings. The molecule has 0 aliphatic carbocycles. The molecule has 0 saturated carbocycles. The summed E-state index contributed by atoms with van der Waals surface area (Å²) in [5, 5.41) is 33.5. The summed E-state index contributed by atoms with van der Waals surface area (Å²) in [6.07, 6.45) is -3.81. The number of benzene rings is 2. The molecule has 2 aromatic rings. The fourth-order valence-corrected chi connectivity index (χ4v) is 2.93. The van der Waals surface area contributed by atoms with Gasteiger partial charge < -0.3 is 26.2 Å². The number of imide groups is 1. The van der Waals surface area contributed by atoms with E-state index in [1.807, 2.05) is 67.6 Å². The third-order valence-corrected chi connectivity index (χ3v) is 4.81. The molecule has 4 atom stereocenters. The predicted molar refractivity (Wildman–Crippen MR) is 122 cm³/mol. The van der Waals surface area contributed by atoms with Crippen molar-refractivity contribution < 1.29 is 39.6 Å². The molecule has 0 bridgehead atoms. The Morgan fingerprint density at radius 3 is 1.74 bits per heavy atom. The molecule has 34 heavy (non-hydrogen) atoms.